The molecule has 0 heterocycles. The van der Waals surface area contributed by atoms with Gasteiger partial charge in [0.1, 0.15) is 0 Å². The fraction of sp³-hybridized carbons (Fsp3) is 0.250. The summed E-state index contributed by atoms with van der Waals surface area (Å²) in [6.07, 6.45) is -0.650. The van der Waals surface area contributed by atoms with Crippen molar-refractivity contribution >= 4 is 33.0 Å². The van der Waals surface area contributed by atoms with Gasteiger partial charge in [-0.25, -0.2) is 8.42 Å². The summed E-state index contributed by atoms with van der Waals surface area (Å²) in [5.74, 6) is 0.139. The molecule has 7 heteroatoms. The van der Waals surface area contributed by atoms with E-state index in [-0.39, 0.29) is 10.8 Å². The predicted molar refractivity (Wildman–Crippen MR) is 93.6 cm³/mol. The zero-order valence-electron chi connectivity index (χ0n) is 12.7. The molecule has 2 aromatic rings. The van der Waals surface area contributed by atoms with Crippen molar-refractivity contribution in [2.45, 2.75) is 17.9 Å². The van der Waals surface area contributed by atoms with Gasteiger partial charge in [0, 0.05) is 17.9 Å². The lowest BCUT2D eigenvalue weighted by Gasteiger charge is -2.11. The fourth-order valence-electron chi connectivity index (χ4n) is 1.88. The molecule has 0 spiro atoms. The maximum absolute atomic E-state index is 12.3. The maximum Gasteiger partial charge on any atom is 0.261 e. The van der Waals surface area contributed by atoms with Crippen molar-refractivity contribution < 1.29 is 13.5 Å². The van der Waals surface area contributed by atoms with E-state index in [0.717, 1.165) is 5.56 Å². The third-order valence-electron chi connectivity index (χ3n) is 3.19. The highest BCUT2D eigenvalue weighted by atomic mass is 35.5. The van der Waals surface area contributed by atoms with Crippen molar-refractivity contribution in [1.29, 1.82) is 0 Å². The van der Waals surface area contributed by atoms with Crippen LogP contribution < -0.4 is 10.0 Å². The molecule has 2 rings (SSSR count). The average molecular weight is 355 g/mol. The summed E-state index contributed by atoms with van der Waals surface area (Å²) in [5, 5.41) is 12.4. The molecule has 0 bridgehead atoms. The molecule has 3 N–H and O–H groups in total. The fourth-order valence-corrected chi connectivity index (χ4v) is 3.05. The Morgan fingerprint density at radius 2 is 1.61 bits per heavy atom. The van der Waals surface area contributed by atoms with E-state index in [4.69, 9.17) is 11.6 Å². The van der Waals surface area contributed by atoms with Crippen LogP contribution in [0, 0.1) is 6.92 Å². The van der Waals surface area contributed by atoms with E-state index in [2.05, 4.69) is 10.0 Å². The number of rotatable bonds is 7. The number of benzene rings is 2. The lowest BCUT2D eigenvalue weighted by atomic mass is 10.2. The van der Waals surface area contributed by atoms with E-state index in [1.807, 2.05) is 19.1 Å². The number of aliphatic hydroxyl groups is 1. The van der Waals surface area contributed by atoms with Crippen molar-refractivity contribution in [3.63, 3.8) is 0 Å². The summed E-state index contributed by atoms with van der Waals surface area (Å²) in [6, 6.07) is 13.4. The molecular formula is C16H19ClN2O3S. The minimum Gasteiger partial charge on any atom is -0.390 e. The van der Waals surface area contributed by atoms with Gasteiger partial charge in [0.2, 0.25) is 0 Å². The van der Waals surface area contributed by atoms with Crippen molar-refractivity contribution in [1.82, 2.24) is 0 Å². The molecule has 0 amide bonds. The summed E-state index contributed by atoms with van der Waals surface area (Å²) in [5.41, 5.74) is 2.29. The highest BCUT2D eigenvalue weighted by molar-refractivity contribution is 7.92. The second kappa shape index (κ2) is 7.68. The van der Waals surface area contributed by atoms with Gasteiger partial charge < -0.3 is 10.4 Å². The second-order valence-corrected chi connectivity index (χ2v) is 7.18. The Kier molecular flexibility index (Phi) is 5.87. The number of hydrogen-bond donors (Lipinski definition) is 3. The van der Waals surface area contributed by atoms with Crippen LogP contribution in [-0.2, 0) is 10.0 Å². The standard InChI is InChI=1S/C16H19ClN2O3S/c1-12-2-4-14(5-3-12)19-23(21,22)16-8-6-13(7-9-16)18-11-15(20)10-17/h2-9,15,18-20H,10-11H2,1H3. The van der Waals surface area contributed by atoms with Gasteiger partial charge in [0.15, 0.2) is 0 Å². The van der Waals surface area contributed by atoms with Crippen LogP contribution in [0.15, 0.2) is 53.4 Å². The topological polar surface area (TPSA) is 78.4 Å². The lowest BCUT2D eigenvalue weighted by molar-refractivity contribution is 0.211. The Balaban J connectivity index is 2.06. The van der Waals surface area contributed by atoms with Gasteiger partial charge in [-0.1, -0.05) is 17.7 Å². The zero-order chi connectivity index (χ0) is 16.9. The average Bonchev–Trinajstić information content (AvgIpc) is 2.55. The number of anilines is 2. The van der Waals surface area contributed by atoms with Crippen LogP contribution in [0.5, 0.6) is 0 Å². The number of sulfonamides is 1. The van der Waals surface area contributed by atoms with E-state index >= 15 is 0 Å². The Labute approximate surface area is 141 Å². The summed E-state index contributed by atoms with van der Waals surface area (Å²) >= 11 is 5.51. The van der Waals surface area contributed by atoms with Crippen molar-refractivity contribution in [2.75, 3.05) is 22.5 Å². The molecule has 1 unspecified atom stereocenters. The third kappa shape index (κ3) is 5.13. The molecule has 0 saturated heterocycles. The Bertz CT molecular complexity index is 731. The second-order valence-electron chi connectivity index (χ2n) is 5.18. The molecule has 23 heavy (non-hydrogen) atoms. The number of aryl methyl sites for hydroxylation is 1. The summed E-state index contributed by atoms with van der Waals surface area (Å²) in [4.78, 5) is 0.168. The highest BCUT2D eigenvalue weighted by Crippen LogP contribution is 2.18. The van der Waals surface area contributed by atoms with E-state index in [1.54, 1.807) is 24.3 Å². The smallest absolute Gasteiger partial charge is 0.261 e. The van der Waals surface area contributed by atoms with Crippen LogP contribution in [0.2, 0.25) is 0 Å². The van der Waals surface area contributed by atoms with Gasteiger partial charge in [-0.05, 0) is 43.3 Å². The molecule has 2 aromatic carbocycles. The molecule has 0 aliphatic heterocycles. The monoisotopic (exact) mass is 354 g/mol. The number of aliphatic hydroxyl groups excluding tert-OH is 1. The van der Waals surface area contributed by atoms with Gasteiger partial charge in [-0.2, -0.15) is 0 Å². The molecule has 0 fully saturated rings. The Hall–Kier alpha value is -1.76. The maximum atomic E-state index is 12.3. The van der Waals surface area contributed by atoms with Gasteiger partial charge >= 0.3 is 0 Å². The zero-order valence-corrected chi connectivity index (χ0v) is 14.2. The van der Waals surface area contributed by atoms with Crippen LogP contribution in [0.1, 0.15) is 5.56 Å². The quantitative estimate of drug-likeness (QED) is 0.668. The Morgan fingerprint density at radius 1 is 1.04 bits per heavy atom. The van der Waals surface area contributed by atoms with Crippen molar-refractivity contribution in [3.8, 4) is 0 Å². The van der Waals surface area contributed by atoms with Gasteiger partial charge in [-0.3, -0.25) is 4.72 Å². The normalized spacial score (nSPS) is 12.7. The number of halogens is 1. The highest BCUT2D eigenvalue weighted by Gasteiger charge is 2.14. The first-order chi connectivity index (χ1) is 10.9. The molecule has 0 aliphatic rings. The lowest BCUT2D eigenvalue weighted by Crippen LogP contribution is -2.20. The van der Waals surface area contributed by atoms with Crippen LogP contribution >= 0.6 is 11.6 Å². The molecule has 0 aromatic heterocycles. The summed E-state index contributed by atoms with van der Waals surface area (Å²) < 4.78 is 27.2. The van der Waals surface area contributed by atoms with E-state index in [1.165, 1.54) is 12.1 Å². The van der Waals surface area contributed by atoms with E-state index in [9.17, 15) is 13.5 Å². The molecular weight excluding hydrogens is 336 g/mol. The number of nitrogens with one attached hydrogen (secondary N) is 2. The summed E-state index contributed by atoms with van der Waals surface area (Å²) in [6.45, 7) is 2.24. The Morgan fingerprint density at radius 3 is 2.17 bits per heavy atom. The van der Waals surface area contributed by atoms with Gasteiger partial charge in [0.25, 0.3) is 10.0 Å². The van der Waals surface area contributed by atoms with Gasteiger partial charge in [-0.15, -0.1) is 11.6 Å². The molecule has 0 aliphatic carbocycles. The van der Waals surface area contributed by atoms with Crippen LogP contribution in [-0.4, -0.2) is 32.1 Å². The third-order valence-corrected chi connectivity index (χ3v) is 4.94. The predicted octanol–water partition coefficient (Wildman–Crippen LogP) is 2.81. The molecule has 0 saturated carbocycles. The number of alkyl halides is 1. The molecule has 0 radical (unpaired) electrons. The first-order valence-electron chi connectivity index (χ1n) is 7.08. The molecule has 1 atom stereocenters. The largest absolute Gasteiger partial charge is 0.390 e. The van der Waals surface area contributed by atoms with Crippen LogP contribution in [0.4, 0.5) is 11.4 Å². The van der Waals surface area contributed by atoms with Crippen molar-refractivity contribution in [3.05, 3.63) is 54.1 Å². The van der Waals surface area contributed by atoms with Gasteiger partial charge in [0.05, 0.1) is 16.9 Å². The number of hydrogen-bond acceptors (Lipinski definition) is 4. The van der Waals surface area contributed by atoms with Crippen LogP contribution in [0.25, 0.3) is 0 Å². The van der Waals surface area contributed by atoms with Crippen molar-refractivity contribution in [2.24, 2.45) is 0 Å². The van der Waals surface area contributed by atoms with E-state index in [0.29, 0.717) is 17.9 Å². The first kappa shape index (κ1) is 17.6. The first-order valence-corrected chi connectivity index (χ1v) is 9.10. The summed E-state index contributed by atoms with van der Waals surface area (Å²) in [7, 11) is -3.63. The minimum absolute atomic E-state index is 0.139. The SMILES string of the molecule is Cc1ccc(NS(=O)(=O)c2ccc(NCC(O)CCl)cc2)cc1. The molecule has 124 valence electrons. The molecule has 5 nitrogen and oxygen atoms in total. The minimum atomic E-state index is -3.63. The van der Waals surface area contributed by atoms with E-state index < -0.39 is 16.1 Å². The van der Waals surface area contributed by atoms with Crippen LogP contribution in [0.3, 0.4) is 0 Å².